The van der Waals surface area contributed by atoms with Gasteiger partial charge in [-0.3, -0.25) is 14.5 Å². The van der Waals surface area contributed by atoms with Crippen LogP contribution in [0.15, 0.2) is 42.0 Å². The number of amides is 1. The second kappa shape index (κ2) is 9.21. The van der Waals surface area contributed by atoms with Gasteiger partial charge in [0, 0.05) is 16.5 Å². The molecule has 9 nitrogen and oxygen atoms in total. The van der Waals surface area contributed by atoms with E-state index in [-0.39, 0.29) is 23.8 Å². The lowest BCUT2D eigenvalue weighted by Crippen LogP contribution is -2.23. The standard InChI is InChI=1S/C21H23N5O4S2/c1-13(2)30-19-11-22-10-18(25-19)14-3-5-15(6-4-14)20(27)23-9-16-12-31-21(24-16)26-32(28,29)17-7-8-17/h3-6,10-13,17H,7-9H2,1-2H3,(H,23,27)(H,24,26). The summed E-state index contributed by atoms with van der Waals surface area (Å²) < 4.78 is 32.1. The van der Waals surface area contributed by atoms with E-state index < -0.39 is 10.0 Å². The summed E-state index contributed by atoms with van der Waals surface area (Å²) in [6.45, 7) is 4.03. The molecule has 11 heteroatoms. The van der Waals surface area contributed by atoms with Gasteiger partial charge in [0.2, 0.25) is 15.9 Å². The Hall–Kier alpha value is -3.05. The number of rotatable bonds is 9. The van der Waals surface area contributed by atoms with E-state index in [0.29, 0.717) is 40.8 Å². The molecule has 4 rings (SSSR count). The highest BCUT2D eigenvalue weighted by atomic mass is 32.2. The number of hydrogen-bond acceptors (Lipinski definition) is 8. The molecule has 1 aromatic carbocycles. The van der Waals surface area contributed by atoms with E-state index in [1.54, 1.807) is 42.0 Å². The van der Waals surface area contributed by atoms with Crippen molar-refractivity contribution in [3.8, 4) is 17.1 Å². The SMILES string of the molecule is CC(C)Oc1cncc(-c2ccc(C(=O)NCc3csc(NS(=O)(=O)C4CC4)n3)cc2)n1. The van der Waals surface area contributed by atoms with Crippen LogP contribution in [0.25, 0.3) is 11.3 Å². The van der Waals surface area contributed by atoms with Crippen LogP contribution in [0.4, 0.5) is 5.13 Å². The van der Waals surface area contributed by atoms with Crippen molar-refractivity contribution in [1.82, 2.24) is 20.3 Å². The molecule has 2 heterocycles. The summed E-state index contributed by atoms with van der Waals surface area (Å²) in [6.07, 6.45) is 4.57. The normalized spacial score (nSPS) is 13.7. The second-order valence-electron chi connectivity index (χ2n) is 7.66. The maximum atomic E-state index is 12.5. The Morgan fingerprint density at radius 2 is 1.94 bits per heavy atom. The third-order valence-corrected chi connectivity index (χ3v) is 7.35. The van der Waals surface area contributed by atoms with Gasteiger partial charge in [0.05, 0.1) is 41.7 Å². The summed E-state index contributed by atoms with van der Waals surface area (Å²) in [4.78, 5) is 25.3. The summed E-state index contributed by atoms with van der Waals surface area (Å²) >= 11 is 1.20. The van der Waals surface area contributed by atoms with Gasteiger partial charge in [0.25, 0.3) is 5.91 Å². The molecule has 2 N–H and O–H groups in total. The highest BCUT2D eigenvalue weighted by molar-refractivity contribution is 7.93. The van der Waals surface area contributed by atoms with E-state index >= 15 is 0 Å². The molecule has 1 aliphatic carbocycles. The van der Waals surface area contributed by atoms with Crippen molar-refractivity contribution in [2.45, 2.75) is 44.6 Å². The van der Waals surface area contributed by atoms with Crippen LogP contribution in [-0.2, 0) is 16.6 Å². The summed E-state index contributed by atoms with van der Waals surface area (Å²) in [5.41, 5.74) is 2.54. The van der Waals surface area contributed by atoms with Gasteiger partial charge >= 0.3 is 0 Å². The van der Waals surface area contributed by atoms with E-state index in [9.17, 15) is 13.2 Å². The van der Waals surface area contributed by atoms with Crippen LogP contribution < -0.4 is 14.8 Å². The molecule has 1 amide bonds. The topological polar surface area (TPSA) is 123 Å². The third kappa shape index (κ3) is 5.60. The van der Waals surface area contributed by atoms with Gasteiger partial charge in [0.15, 0.2) is 5.13 Å². The lowest BCUT2D eigenvalue weighted by Gasteiger charge is -2.09. The number of carbonyl (C=O) groups is 1. The number of carbonyl (C=O) groups excluding carboxylic acids is 1. The van der Waals surface area contributed by atoms with Crippen molar-refractivity contribution >= 4 is 32.4 Å². The molecule has 0 atom stereocenters. The van der Waals surface area contributed by atoms with Crippen LogP contribution in [-0.4, -0.2) is 40.6 Å². The Bertz CT molecular complexity index is 1200. The van der Waals surface area contributed by atoms with E-state index in [4.69, 9.17) is 4.74 Å². The largest absolute Gasteiger partial charge is 0.474 e. The van der Waals surface area contributed by atoms with Crippen LogP contribution in [0, 0.1) is 0 Å². The quantitative estimate of drug-likeness (QED) is 0.489. The third-order valence-electron chi connectivity index (χ3n) is 4.59. The molecule has 1 fully saturated rings. The van der Waals surface area contributed by atoms with Gasteiger partial charge in [-0.15, -0.1) is 11.3 Å². The van der Waals surface area contributed by atoms with Crippen molar-refractivity contribution < 1.29 is 17.9 Å². The lowest BCUT2D eigenvalue weighted by atomic mass is 10.1. The molecule has 1 aliphatic rings. The number of benzene rings is 1. The van der Waals surface area contributed by atoms with Crippen molar-refractivity contribution in [3.05, 3.63) is 53.3 Å². The smallest absolute Gasteiger partial charge is 0.251 e. The lowest BCUT2D eigenvalue weighted by molar-refractivity contribution is 0.0950. The average Bonchev–Trinajstić information content (AvgIpc) is 3.54. The van der Waals surface area contributed by atoms with E-state index in [1.807, 2.05) is 13.8 Å². The Morgan fingerprint density at radius 1 is 1.19 bits per heavy atom. The number of thiazole rings is 1. The number of ether oxygens (including phenoxy) is 1. The molecule has 0 radical (unpaired) electrons. The minimum absolute atomic E-state index is 0.00204. The van der Waals surface area contributed by atoms with Crippen LogP contribution in [0.5, 0.6) is 5.88 Å². The number of nitrogens with zero attached hydrogens (tertiary/aromatic N) is 3. The number of nitrogens with one attached hydrogen (secondary N) is 2. The second-order valence-corrected chi connectivity index (χ2v) is 10.5. The molecule has 32 heavy (non-hydrogen) atoms. The Labute approximate surface area is 190 Å². The van der Waals surface area contributed by atoms with Gasteiger partial charge in [-0.1, -0.05) is 12.1 Å². The van der Waals surface area contributed by atoms with Crippen molar-refractivity contribution in [1.29, 1.82) is 0 Å². The molecule has 0 spiro atoms. The predicted molar refractivity (Wildman–Crippen MR) is 122 cm³/mol. The van der Waals surface area contributed by atoms with Gasteiger partial charge < -0.3 is 10.1 Å². The first-order chi connectivity index (χ1) is 15.3. The van der Waals surface area contributed by atoms with Crippen LogP contribution >= 0.6 is 11.3 Å². The highest BCUT2D eigenvalue weighted by Crippen LogP contribution is 2.30. The van der Waals surface area contributed by atoms with Gasteiger partial charge in [0.1, 0.15) is 0 Å². The zero-order valence-electron chi connectivity index (χ0n) is 17.6. The Balaban J connectivity index is 1.34. The molecule has 0 saturated heterocycles. The maximum Gasteiger partial charge on any atom is 0.251 e. The molecule has 1 saturated carbocycles. The molecule has 3 aromatic rings. The molecule has 0 bridgehead atoms. The first-order valence-electron chi connectivity index (χ1n) is 10.1. The van der Waals surface area contributed by atoms with E-state index in [2.05, 4.69) is 25.0 Å². The van der Waals surface area contributed by atoms with Crippen molar-refractivity contribution in [2.75, 3.05) is 4.72 Å². The maximum absolute atomic E-state index is 12.5. The van der Waals surface area contributed by atoms with Crippen molar-refractivity contribution in [3.63, 3.8) is 0 Å². The van der Waals surface area contributed by atoms with Gasteiger partial charge in [-0.25, -0.2) is 18.4 Å². The number of aromatic nitrogens is 3. The Kier molecular flexibility index (Phi) is 6.38. The fourth-order valence-electron chi connectivity index (χ4n) is 2.87. The zero-order valence-corrected chi connectivity index (χ0v) is 19.2. The first-order valence-corrected chi connectivity index (χ1v) is 12.6. The van der Waals surface area contributed by atoms with Crippen LogP contribution in [0.2, 0.25) is 0 Å². The van der Waals surface area contributed by atoms with Gasteiger partial charge in [-0.05, 0) is 38.8 Å². The molecule has 0 unspecified atom stereocenters. The summed E-state index contributed by atoms with van der Waals surface area (Å²) in [6, 6.07) is 7.01. The fraction of sp³-hybridized carbons (Fsp3) is 0.333. The van der Waals surface area contributed by atoms with E-state index in [1.165, 1.54) is 11.3 Å². The number of hydrogen-bond donors (Lipinski definition) is 2. The zero-order chi connectivity index (χ0) is 22.7. The molecular weight excluding hydrogens is 450 g/mol. The molecule has 2 aromatic heterocycles. The Morgan fingerprint density at radius 3 is 2.62 bits per heavy atom. The van der Waals surface area contributed by atoms with Gasteiger partial charge in [-0.2, -0.15) is 0 Å². The molecule has 0 aliphatic heterocycles. The highest BCUT2D eigenvalue weighted by Gasteiger charge is 2.36. The van der Waals surface area contributed by atoms with Crippen LogP contribution in [0.3, 0.4) is 0 Å². The summed E-state index contributed by atoms with van der Waals surface area (Å²) in [5.74, 6) is 0.189. The van der Waals surface area contributed by atoms with E-state index in [0.717, 1.165) is 5.56 Å². The monoisotopic (exact) mass is 473 g/mol. The summed E-state index contributed by atoms with van der Waals surface area (Å²) in [7, 11) is -3.34. The average molecular weight is 474 g/mol. The minimum Gasteiger partial charge on any atom is -0.474 e. The minimum atomic E-state index is -3.34. The first kappa shape index (κ1) is 22.2. The predicted octanol–water partition coefficient (Wildman–Crippen LogP) is 3.22. The van der Waals surface area contributed by atoms with Crippen LogP contribution in [0.1, 0.15) is 42.7 Å². The fourth-order valence-corrected chi connectivity index (χ4v) is 5.18. The van der Waals surface area contributed by atoms with Crippen molar-refractivity contribution in [2.24, 2.45) is 0 Å². The summed E-state index contributed by atoms with van der Waals surface area (Å²) in [5, 5.41) is 4.52. The molecule has 168 valence electrons. The number of anilines is 1. The molecular formula is C21H23N5O4S2. The number of sulfonamides is 1.